The van der Waals surface area contributed by atoms with Gasteiger partial charge in [0.05, 0.1) is 19.0 Å². The number of hydrogen-bond donors (Lipinski definition) is 0. The van der Waals surface area contributed by atoms with Crippen LogP contribution >= 0.6 is 0 Å². The Morgan fingerprint density at radius 1 is 1.50 bits per heavy atom. The molecule has 0 aliphatic rings. The molecule has 0 saturated carbocycles. The van der Waals surface area contributed by atoms with Crippen molar-refractivity contribution in [3.63, 3.8) is 0 Å². The third-order valence-electron chi connectivity index (χ3n) is 2.36. The maximum absolute atomic E-state index is 11.8. The molecule has 2 heterocycles. The van der Waals surface area contributed by atoms with Crippen molar-refractivity contribution < 1.29 is 9.63 Å². The molecule has 6 heteroatoms. The number of amides is 1. The van der Waals surface area contributed by atoms with Crippen molar-refractivity contribution in [2.75, 3.05) is 14.2 Å². The number of imidazole rings is 1. The van der Waals surface area contributed by atoms with Crippen molar-refractivity contribution in [1.82, 2.24) is 19.6 Å². The maximum Gasteiger partial charge on any atom is 0.278 e. The second kappa shape index (κ2) is 3.90. The van der Waals surface area contributed by atoms with Gasteiger partial charge in [0.15, 0.2) is 5.65 Å². The maximum atomic E-state index is 11.8. The predicted molar refractivity (Wildman–Crippen MR) is 57.6 cm³/mol. The molecule has 84 valence electrons. The van der Waals surface area contributed by atoms with Crippen LogP contribution < -0.4 is 0 Å². The van der Waals surface area contributed by atoms with Crippen LogP contribution in [0.4, 0.5) is 0 Å². The van der Waals surface area contributed by atoms with Gasteiger partial charge in [0.2, 0.25) is 0 Å². The number of hydrogen-bond acceptors (Lipinski definition) is 4. The third kappa shape index (κ3) is 1.63. The molecule has 0 saturated heterocycles. The minimum absolute atomic E-state index is 0.248. The van der Waals surface area contributed by atoms with E-state index in [1.54, 1.807) is 24.0 Å². The van der Waals surface area contributed by atoms with Crippen molar-refractivity contribution in [2.24, 2.45) is 7.05 Å². The van der Waals surface area contributed by atoms with E-state index < -0.39 is 0 Å². The molecule has 0 bridgehead atoms. The Labute approximate surface area is 92.4 Å². The van der Waals surface area contributed by atoms with E-state index >= 15 is 0 Å². The monoisotopic (exact) mass is 220 g/mol. The Bertz CT molecular complexity index is 535. The molecule has 0 N–H and O–H groups in total. The highest BCUT2D eigenvalue weighted by Gasteiger charge is 2.13. The first kappa shape index (κ1) is 10.6. The molecule has 0 aromatic carbocycles. The van der Waals surface area contributed by atoms with Gasteiger partial charge in [-0.1, -0.05) is 0 Å². The lowest BCUT2D eigenvalue weighted by Crippen LogP contribution is -2.25. The highest BCUT2D eigenvalue weighted by atomic mass is 16.7. The van der Waals surface area contributed by atoms with Gasteiger partial charge in [-0.25, -0.2) is 15.0 Å². The van der Waals surface area contributed by atoms with E-state index in [0.717, 1.165) is 10.7 Å². The summed E-state index contributed by atoms with van der Waals surface area (Å²) in [6, 6.07) is 1.69. The van der Waals surface area contributed by atoms with Crippen LogP contribution in [0.2, 0.25) is 0 Å². The minimum atomic E-state index is -0.248. The van der Waals surface area contributed by atoms with Gasteiger partial charge in [0.1, 0.15) is 5.52 Å². The summed E-state index contributed by atoms with van der Waals surface area (Å²) in [4.78, 5) is 24.9. The van der Waals surface area contributed by atoms with Gasteiger partial charge in [-0.2, -0.15) is 0 Å². The van der Waals surface area contributed by atoms with Gasteiger partial charge in [0.25, 0.3) is 5.91 Å². The number of rotatable bonds is 2. The summed E-state index contributed by atoms with van der Waals surface area (Å²) in [7, 11) is 4.83. The van der Waals surface area contributed by atoms with E-state index in [-0.39, 0.29) is 5.91 Å². The molecule has 0 fully saturated rings. The van der Waals surface area contributed by atoms with E-state index in [1.165, 1.54) is 13.3 Å². The second-order valence-electron chi connectivity index (χ2n) is 3.41. The molecule has 0 aliphatic carbocycles. The molecular formula is C10H12N4O2. The third-order valence-corrected chi connectivity index (χ3v) is 2.36. The van der Waals surface area contributed by atoms with E-state index in [1.807, 2.05) is 7.05 Å². The lowest BCUT2D eigenvalue weighted by molar-refractivity contribution is -0.0757. The average Bonchev–Trinajstić information content (AvgIpc) is 2.68. The minimum Gasteiger partial charge on any atom is -0.318 e. The number of aromatic nitrogens is 3. The number of aryl methyl sites for hydroxylation is 1. The molecule has 0 aliphatic heterocycles. The zero-order chi connectivity index (χ0) is 11.7. The number of fused-ring (bicyclic) bond motifs is 1. The molecule has 0 unspecified atom stereocenters. The van der Waals surface area contributed by atoms with Crippen LogP contribution in [0.3, 0.4) is 0 Å². The molecule has 0 radical (unpaired) electrons. The molecule has 16 heavy (non-hydrogen) atoms. The SMILES string of the molecule is CON(C)C(=O)c1cnc2c(c1)ncn2C. The number of hydroxylamine groups is 2. The van der Waals surface area contributed by atoms with Crippen molar-refractivity contribution in [2.45, 2.75) is 0 Å². The topological polar surface area (TPSA) is 60.2 Å². The Kier molecular flexibility index (Phi) is 2.57. The van der Waals surface area contributed by atoms with Crippen LogP contribution in [0.1, 0.15) is 10.4 Å². The van der Waals surface area contributed by atoms with Crippen molar-refractivity contribution in [1.29, 1.82) is 0 Å². The number of nitrogens with zero attached hydrogens (tertiary/aromatic N) is 4. The summed E-state index contributed by atoms with van der Waals surface area (Å²) in [6.07, 6.45) is 3.17. The van der Waals surface area contributed by atoms with Gasteiger partial charge in [-0.3, -0.25) is 9.63 Å². The molecule has 2 aromatic rings. The summed E-state index contributed by atoms with van der Waals surface area (Å²) in [5.74, 6) is -0.248. The Morgan fingerprint density at radius 3 is 2.94 bits per heavy atom. The smallest absolute Gasteiger partial charge is 0.278 e. The number of carbonyl (C=O) groups is 1. The summed E-state index contributed by atoms with van der Waals surface area (Å²) in [6.45, 7) is 0. The molecule has 0 atom stereocenters. The van der Waals surface area contributed by atoms with Gasteiger partial charge in [0, 0.05) is 20.3 Å². The van der Waals surface area contributed by atoms with Gasteiger partial charge >= 0.3 is 0 Å². The average molecular weight is 220 g/mol. The molecular weight excluding hydrogens is 208 g/mol. The van der Waals surface area contributed by atoms with Crippen LogP contribution in [0.25, 0.3) is 11.2 Å². The fourth-order valence-electron chi connectivity index (χ4n) is 1.40. The highest BCUT2D eigenvalue weighted by Crippen LogP contribution is 2.11. The zero-order valence-corrected chi connectivity index (χ0v) is 9.34. The van der Waals surface area contributed by atoms with E-state index in [2.05, 4.69) is 9.97 Å². The van der Waals surface area contributed by atoms with E-state index in [0.29, 0.717) is 11.1 Å². The first-order valence-corrected chi connectivity index (χ1v) is 4.72. The lowest BCUT2D eigenvalue weighted by atomic mass is 10.2. The van der Waals surface area contributed by atoms with Crippen LogP contribution in [0.5, 0.6) is 0 Å². The van der Waals surface area contributed by atoms with Crippen LogP contribution in [0.15, 0.2) is 18.6 Å². The van der Waals surface area contributed by atoms with Crippen LogP contribution in [0, 0.1) is 0 Å². The first-order valence-electron chi connectivity index (χ1n) is 4.72. The van der Waals surface area contributed by atoms with Gasteiger partial charge in [-0.15, -0.1) is 0 Å². The summed E-state index contributed by atoms with van der Waals surface area (Å²) < 4.78 is 1.80. The number of pyridine rings is 1. The van der Waals surface area contributed by atoms with E-state index in [9.17, 15) is 4.79 Å². The molecule has 1 amide bonds. The highest BCUT2D eigenvalue weighted by molar-refractivity contribution is 5.95. The van der Waals surface area contributed by atoms with Crippen LogP contribution in [-0.4, -0.2) is 39.7 Å². The fourth-order valence-corrected chi connectivity index (χ4v) is 1.40. The largest absolute Gasteiger partial charge is 0.318 e. The predicted octanol–water partition coefficient (Wildman–Crippen LogP) is 0.602. The molecule has 2 aromatic heterocycles. The van der Waals surface area contributed by atoms with Gasteiger partial charge in [-0.05, 0) is 6.07 Å². The molecule has 6 nitrogen and oxygen atoms in total. The molecule has 2 rings (SSSR count). The first-order chi connectivity index (χ1) is 7.63. The van der Waals surface area contributed by atoms with Crippen LogP contribution in [-0.2, 0) is 11.9 Å². The Hall–Kier alpha value is -1.95. The Morgan fingerprint density at radius 2 is 2.25 bits per heavy atom. The standard InChI is InChI=1S/C10H12N4O2/c1-13-6-12-8-4-7(5-11-9(8)13)10(15)14(2)16-3/h4-6H,1-3H3. The lowest BCUT2D eigenvalue weighted by Gasteiger charge is -2.12. The van der Waals surface area contributed by atoms with Crippen molar-refractivity contribution >= 4 is 17.1 Å². The summed E-state index contributed by atoms with van der Waals surface area (Å²) >= 11 is 0. The fraction of sp³-hybridized carbons (Fsp3) is 0.300. The van der Waals surface area contributed by atoms with Crippen molar-refractivity contribution in [3.8, 4) is 0 Å². The Balaban J connectivity index is 2.43. The molecule has 0 spiro atoms. The summed E-state index contributed by atoms with van der Waals surface area (Å²) in [5, 5.41) is 1.14. The van der Waals surface area contributed by atoms with E-state index in [4.69, 9.17) is 4.84 Å². The summed E-state index contributed by atoms with van der Waals surface area (Å²) in [5.41, 5.74) is 1.89. The normalized spacial score (nSPS) is 10.7. The number of carbonyl (C=O) groups excluding carboxylic acids is 1. The second-order valence-corrected chi connectivity index (χ2v) is 3.41. The zero-order valence-electron chi connectivity index (χ0n) is 9.34. The quantitative estimate of drug-likeness (QED) is 0.695. The van der Waals surface area contributed by atoms with Gasteiger partial charge < -0.3 is 4.57 Å². The van der Waals surface area contributed by atoms with Crippen molar-refractivity contribution in [3.05, 3.63) is 24.2 Å².